The second-order valence-electron chi connectivity index (χ2n) is 13.3. The summed E-state index contributed by atoms with van der Waals surface area (Å²) in [6.07, 6.45) is -9.82. The zero-order chi connectivity index (χ0) is 34.8. The number of halogens is 7. The van der Waals surface area contributed by atoms with Crippen LogP contribution in [0.25, 0.3) is 11.1 Å². The third-order valence-corrected chi connectivity index (χ3v) is 9.77. The molecule has 0 saturated carbocycles. The molecule has 0 amide bonds. The number of pyridine rings is 1. The molecule has 4 heterocycles. The molecular weight excluding hydrogens is 645 g/mol. The first-order valence-electron chi connectivity index (χ1n) is 15.6. The van der Waals surface area contributed by atoms with Gasteiger partial charge < -0.3 is 24.4 Å². The summed E-state index contributed by atoms with van der Waals surface area (Å²) in [6.45, 7) is 7.90. The minimum absolute atomic E-state index is 0.101. The number of rotatable bonds is 7. The van der Waals surface area contributed by atoms with Crippen LogP contribution in [0.15, 0.2) is 48.7 Å². The fourth-order valence-corrected chi connectivity index (χ4v) is 6.85. The number of aliphatic hydroxyl groups is 1. The molecule has 3 saturated heterocycles. The first-order chi connectivity index (χ1) is 22.5. The third-order valence-electron chi connectivity index (χ3n) is 9.77. The number of aryl methyl sites for hydroxylation is 1. The van der Waals surface area contributed by atoms with Gasteiger partial charge >= 0.3 is 12.4 Å². The van der Waals surface area contributed by atoms with Gasteiger partial charge in [-0.05, 0) is 60.0 Å². The molecule has 3 aliphatic heterocycles. The number of nitrogens with zero attached hydrogens (tertiary/aromatic N) is 4. The number of hydrogen-bond donors (Lipinski definition) is 1. The van der Waals surface area contributed by atoms with Crippen molar-refractivity contribution in [2.45, 2.75) is 63.0 Å². The molecule has 0 aliphatic carbocycles. The van der Waals surface area contributed by atoms with Gasteiger partial charge in [-0.2, -0.15) is 26.3 Å². The number of fused-ring (bicyclic) bond motifs is 1. The summed E-state index contributed by atoms with van der Waals surface area (Å²) < 4.78 is 108. The van der Waals surface area contributed by atoms with Crippen LogP contribution >= 0.6 is 0 Å². The van der Waals surface area contributed by atoms with E-state index in [4.69, 9.17) is 14.5 Å². The second kappa shape index (κ2) is 12.5. The maximum Gasteiger partial charge on any atom is 0.416 e. The average molecular weight is 683 g/mol. The molecule has 0 bridgehead atoms. The number of aliphatic hydroxyl groups excluding tert-OH is 1. The van der Waals surface area contributed by atoms with Crippen molar-refractivity contribution >= 4 is 11.5 Å². The SMILES string of the molecule is Cc1cc(F)ccc1-c1cc(N2C[C@H]3COCCN3C[C@H]2CO)ncc1N(C)C1OC1C(C)(C)c1cc(C(F)(F)F)cc(C(F)(F)F)c1. The number of aromatic nitrogens is 1. The molecule has 0 spiro atoms. The average Bonchev–Trinajstić information content (AvgIpc) is 3.85. The minimum atomic E-state index is -4.98. The lowest BCUT2D eigenvalue weighted by Crippen LogP contribution is -2.63. The van der Waals surface area contributed by atoms with Crippen LogP contribution < -0.4 is 9.80 Å². The summed E-state index contributed by atoms with van der Waals surface area (Å²) in [5.41, 5.74) is -1.61. The Bertz CT molecular complexity index is 1630. The van der Waals surface area contributed by atoms with Crippen molar-refractivity contribution in [1.82, 2.24) is 9.88 Å². The highest BCUT2D eigenvalue weighted by Gasteiger charge is 2.54. The van der Waals surface area contributed by atoms with E-state index < -0.39 is 47.0 Å². The number of piperazine rings is 1. The Balaban J connectivity index is 1.35. The quantitative estimate of drug-likeness (QED) is 0.234. The molecule has 1 N–H and O–H groups in total. The Morgan fingerprint density at radius 2 is 1.60 bits per heavy atom. The fraction of sp³-hybridized carbons (Fsp3) is 0.500. The number of anilines is 2. The van der Waals surface area contributed by atoms with Crippen LogP contribution in [0.1, 0.15) is 36.1 Å². The lowest BCUT2D eigenvalue weighted by molar-refractivity contribution is -0.143. The molecule has 14 heteroatoms. The summed E-state index contributed by atoms with van der Waals surface area (Å²) in [5, 5.41) is 10.3. The van der Waals surface area contributed by atoms with E-state index in [2.05, 4.69) is 4.90 Å². The van der Waals surface area contributed by atoms with E-state index in [0.29, 0.717) is 54.5 Å². The normalized spacial score (nSPS) is 23.6. The van der Waals surface area contributed by atoms with Gasteiger partial charge in [-0.15, -0.1) is 0 Å². The monoisotopic (exact) mass is 682 g/mol. The van der Waals surface area contributed by atoms with Gasteiger partial charge in [0, 0.05) is 37.7 Å². The highest BCUT2D eigenvalue weighted by Crippen LogP contribution is 2.48. The number of benzene rings is 2. The molecule has 4 atom stereocenters. The summed E-state index contributed by atoms with van der Waals surface area (Å²) in [4.78, 5) is 10.8. The Kier molecular flexibility index (Phi) is 8.93. The first kappa shape index (κ1) is 34.4. The van der Waals surface area contributed by atoms with Gasteiger partial charge in [0.05, 0.1) is 54.9 Å². The van der Waals surface area contributed by atoms with Gasteiger partial charge in [-0.1, -0.05) is 19.9 Å². The molecular formula is C34H37F7N4O3. The van der Waals surface area contributed by atoms with Crippen LogP contribution in [-0.2, 0) is 27.2 Å². The highest BCUT2D eigenvalue weighted by atomic mass is 19.4. The summed E-state index contributed by atoms with van der Waals surface area (Å²) in [7, 11) is 1.71. The van der Waals surface area contributed by atoms with Crippen molar-refractivity contribution in [2.24, 2.45) is 0 Å². The molecule has 3 aliphatic rings. The zero-order valence-corrected chi connectivity index (χ0v) is 26.9. The van der Waals surface area contributed by atoms with Crippen molar-refractivity contribution in [3.05, 3.63) is 76.7 Å². The fourth-order valence-electron chi connectivity index (χ4n) is 6.85. The summed E-state index contributed by atoms with van der Waals surface area (Å²) in [5.74, 6) is 0.174. The molecule has 0 radical (unpaired) electrons. The standard InChI is InChI=1S/C34H37F7N4O3/c1-19-9-23(35)5-6-26(19)27-13-29(45-16-25-18-47-8-7-44(25)15-24(45)17-46)42-14-28(27)43(4)31-30(48-31)32(2,3)20-10-21(33(36,37)38)12-22(11-20)34(39,40)41/h5-6,9-14,24-25,30-31,46H,7-8,15-18H2,1-4H3/t24-,25-,30?,31?/m0/s1. The topological polar surface area (TPSA) is 64.6 Å². The van der Waals surface area contributed by atoms with Crippen LogP contribution in [0.4, 0.5) is 42.2 Å². The molecule has 3 fully saturated rings. The predicted molar refractivity (Wildman–Crippen MR) is 165 cm³/mol. The first-order valence-corrected chi connectivity index (χ1v) is 15.6. The Morgan fingerprint density at radius 1 is 0.938 bits per heavy atom. The van der Waals surface area contributed by atoms with E-state index in [1.54, 1.807) is 45.0 Å². The van der Waals surface area contributed by atoms with Gasteiger partial charge in [0.15, 0.2) is 6.23 Å². The Hall–Kier alpha value is -3.46. The van der Waals surface area contributed by atoms with E-state index in [1.165, 1.54) is 12.1 Å². The number of morpholine rings is 1. The molecule has 7 nitrogen and oxygen atoms in total. The number of alkyl halides is 6. The Labute approximate surface area is 273 Å². The largest absolute Gasteiger partial charge is 0.416 e. The number of epoxide rings is 1. The lowest BCUT2D eigenvalue weighted by Gasteiger charge is -2.48. The zero-order valence-electron chi connectivity index (χ0n) is 26.9. The second-order valence-corrected chi connectivity index (χ2v) is 13.3. The van der Waals surface area contributed by atoms with Crippen molar-refractivity contribution in [3.63, 3.8) is 0 Å². The molecule has 6 rings (SSSR count). The molecule has 3 aromatic rings. The van der Waals surface area contributed by atoms with Gasteiger partial charge in [0.25, 0.3) is 0 Å². The minimum Gasteiger partial charge on any atom is -0.394 e. The van der Waals surface area contributed by atoms with Crippen LogP contribution in [0.2, 0.25) is 0 Å². The van der Waals surface area contributed by atoms with Gasteiger partial charge in [0.1, 0.15) is 17.7 Å². The molecule has 1 aromatic heterocycles. The number of ether oxygens (including phenoxy) is 2. The number of likely N-dealkylation sites (N-methyl/N-ethyl adjacent to an activating group) is 1. The van der Waals surface area contributed by atoms with Crippen molar-refractivity contribution in [1.29, 1.82) is 0 Å². The van der Waals surface area contributed by atoms with Crippen LogP contribution in [0.3, 0.4) is 0 Å². The van der Waals surface area contributed by atoms with E-state index >= 15 is 0 Å². The molecule has 260 valence electrons. The molecule has 48 heavy (non-hydrogen) atoms. The van der Waals surface area contributed by atoms with Gasteiger partial charge in [0.2, 0.25) is 0 Å². The van der Waals surface area contributed by atoms with Gasteiger partial charge in [-0.3, -0.25) is 4.90 Å². The Morgan fingerprint density at radius 3 is 2.23 bits per heavy atom. The molecule has 2 unspecified atom stereocenters. The maximum atomic E-state index is 14.2. The van der Waals surface area contributed by atoms with E-state index in [-0.39, 0.29) is 30.3 Å². The van der Waals surface area contributed by atoms with Crippen LogP contribution in [0.5, 0.6) is 0 Å². The van der Waals surface area contributed by atoms with Crippen LogP contribution in [-0.4, -0.2) is 85.9 Å². The van der Waals surface area contributed by atoms with E-state index in [9.17, 15) is 35.8 Å². The maximum absolute atomic E-state index is 14.2. The van der Waals surface area contributed by atoms with Crippen molar-refractivity contribution in [2.75, 3.05) is 56.3 Å². The van der Waals surface area contributed by atoms with Gasteiger partial charge in [-0.25, -0.2) is 9.37 Å². The summed E-state index contributed by atoms with van der Waals surface area (Å²) >= 11 is 0. The lowest BCUT2D eigenvalue weighted by atomic mass is 9.79. The smallest absolute Gasteiger partial charge is 0.394 e. The number of hydrogen-bond acceptors (Lipinski definition) is 7. The van der Waals surface area contributed by atoms with E-state index in [0.717, 1.165) is 18.7 Å². The predicted octanol–water partition coefficient (Wildman–Crippen LogP) is 6.25. The van der Waals surface area contributed by atoms with Crippen molar-refractivity contribution < 1.29 is 45.3 Å². The van der Waals surface area contributed by atoms with E-state index in [1.807, 2.05) is 11.0 Å². The van der Waals surface area contributed by atoms with Crippen molar-refractivity contribution in [3.8, 4) is 11.1 Å². The highest BCUT2D eigenvalue weighted by molar-refractivity contribution is 5.82. The summed E-state index contributed by atoms with van der Waals surface area (Å²) in [6, 6.07) is 7.73. The third kappa shape index (κ3) is 6.59. The molecule has 2 aromatic carbocycles. The van der Waals surface area contributed by atoms with Crippen LogP contribution in [0, 0.1) is 12.7 Å².